The van der Waals surface area contributed by atoms with Crippen molar-refractivity contribution < 1.29 is 8.42 Å². The lowest BCUT2D eigenvalue weighted by Gasteiger charge is -2.19. The molecule has 0 aliphatic heterocycles. The SMILES string of the molecule is C=CCN(CC=C)S(=O)(=O)c1ccc(C=C)c(C)c1. The predicted octanol–water partition coefficient (Wildman–Crippen LogP) is 3.00. The van der Waals surface area contributed by atoms with Crippen LogP contribution in [0.25, 0.3) is 6.08 Å². The van der Waals surface area contributed by atoms with Gasteiger partial charge in [-0.05, 0) is 30.2 Å². The number of sulfonamides is 1. The zero-order valence-corrected chi connectivity index (χ0v) is 12.0. The van der Waals surface area contributed by atoms with Gasteiger partial charge in [-0.15, -0.1) is 13.2 Å². The van der Waals surface area contributed by atoms with Crippen LogP contribution in [0.5, 0.6) is 0 Å². The first-order valence-corrected chi connectivity index (χ1v) is 7.36. The lowest BCUT2D eigenvalue weighted by molar-refractivity contribution is 0.474. The van der Waals surface area contributed by atoms with E-state index in [4.69, 9.17) is 0 Å². The van der Waals surface area contributed by atoms with Crippen LogP contribution >= 0.6 is 0 Å². The summed E-state index contributed by atoms with van der Waals surface area (Å²) in [5.41, 5.74) is 1.81. The Morgan fingerprint density at radius 2 is 1.74 bits per heavy atom. The van der Waals surface area contributed by atoms with Crippen LogP contribution in [0.1, 0.15) is 11.1 Å². The number of nitrogens with zero attached hydrogens (tertiary/aromatic N) is 1. The van der Waals surface area contributed by atoms with Crippen LogP contribution < -0.4 is 0 Å². The van der Waals surface area contributed by atoms with Crippen molar-refractivity contribution in [2.24, 2.45) is 0 Å². The van der Waals surface area contributed by atoms with E-state index in [1.165, 1.54) is 4.31 Å². The topological polar surface area (TPSA) is 37.4 Å². The first-order valence-electron chi connectivity index (χ1n) is 5.92. The highest BCUT2D eigenvalue weighted by Crippen LogP contribution is 2.20. The Kier molecular flexibility index (Phi) is 5.27. The largest absolute Gasteiger partial charge is 0.243 e. The van der Waals surface area contributed by atoms with Crippen LogP contribution in [0.3, 0.4) is 0 Å². The van der Waals surface area contributed by atoms with Gasteiger partial charge in [0.2, 0.25) is 10.0 Å². The molecule has 0 saturated heterocycles. The first kappa shape index (κ1) is 15.4. The number of rotatable bonds is 7. The number of hydrogen-bond acceptors (Lipinski definition) is 2. The van der Waals surface area contributed by atoms with Crippen LogP contribution in [0.2, 0.25) is 0 Å². The summed E-state index contributed by atoms with van der Waals surface area (Å²) in [6, 6.07) is 5.01. The van der Waals surface area contributed by atoms with Crippen LogP contribution in [0, 0.1) is 6.92 Å². The maximum atomic E-state index is 12.5. The summed E-state index contributed by atoms with van der Waals surface area (Å²) >= 11 is 0. The normalized spacial score (nSPS) is 11.3. The minimum atomic E-state index is -3.52. The van der Waals surface area contributed by atoms with E-state index in [2.05, 4.69) is 19.7 Å². The van der Waals surface area contributed by atoms with E-state index in [0.717, 1.165) is 11.1 Å². The molecule has 0 atom stereocenters. The van der Waals surface area contributed by atoms with Crippen LogP contribution in [-0.4, -0.2) is 25.8 Å². The van der Waals surface area contributed by atoms with Crippen molar-refractivity contribution in [3.8, 4) is 0 Å². The molecule has 0 saturated carbocycles. The molecule has 4 heteroatoms. The Morgan fingerprint density at radius 3 is 2.16 bits per heavy atom. The van der Waals surface area contributed by atoms with Crippen molar-refractivity contribution in [1.29, 1.82) is 0 Å². The quantitative estimate of drug-likeness (QED) is 0.718. The molecule has 102 valence electrons. The summed E-state index contributed by atoms with van der Waals surface area (Å²) in [5.74, 6) is 0. The number of aryl methyl sites for hydroxylation is 1. The van der Waals surface area contributed by atoms with Crippen LogP contribution in [0.4, 0.5) is 0 Å². The minimum absolute atomic E-state index is 0.261. The second-order valence-electron chi connectivity index (χ2n) is 4.12. The molecule has 0 amide bonds. The zero-order valence-electron chi connectivity index (χ0n) is 11.2. The van der Waals surface area contributed by atoms with E-state index < -0.39 is 10.0 Å². The molecule has 1 aromatic rings. The van der Waals surface area contributed by atoms with Crippen molar-refractivity contribution >= 4 is 16.1 Å². The highest BCUT2D eigenvalue weighted by atomic mass is 32.2. The molecule has 0 aliphatic carbocycles. The van der Waals surface area contributed by atoms with Crippen molar-refractivity contribution in [2.45, 2.75) is 11.8 Å². The Morgan fingerprint density at radius 1 is 1.16 bits per heavy atom. The van der Waals surface area contributed by atoms with Gasteiger partial charge in [-0.3, -0.25) is 0 Å². The Hall–Kier alpha value is -1.65. The average molecular weight is 277 g/mol. The molecular formula is C15H19NO2S. The molecule has 19 heavy (non-hydrogen) atoms. The molecule has 0 N–H and O–H groups in total. The molecule has 0 radical (unpaired) electrons. The third-order valence-corrected chi connectivity index (χ3v) is 4.59. The lowest BCUT2D eigenvalue weighted by Crippen LogP contribution is -2.31. The molecular weight excluding hydrogens is 258 g/mol. The standard InChI is InChI=1S/C15H19NO2S/c1-5-10-16(11-6-2)19(17,18)15-9-8-14(7-3)13(4)12-15/h5-9,12H,1-3,10-11H2,4H3. The van der Waals surface area contributed by atoms with Crippen LogP contribution in [0.15, 0.2) is 55.0 Å². The van der Waals surface area contributed by atoms with Gasteiger partial charge in [0.25, 0.3) is 0 Å². The molecule has 3 nitrogen and oxygen atoms in total. The van der Waals surface area contributed by atoms with E-state index in [9.17, 15) is 8.42 Å². The minimum Gasteiger partial charge on any atom is -0.207 e. The molecule has 0 aliphatic rings. The Balaban J connectivity index is 3.24. The Labute approximate surface area is 115 Å². The zero-order chi connectivity index (χ0) is 14.5. The van der Waals surface area contributed by atoms with Crippen molar-refractivity contribution in [3.63, 3.8) is 0 Å². The second kappa shape index (κ2) is 6.50. The van der Waals surface area contributed by atoms with E-state index in [1.54, 1.807) is 36.4 Å². The van der Waals surface area contributed by atoms with Gasteiger partial charge in [-0.2, -0.15) is 4.31 Å². The molecule has 0 fully saturated rings. The van der Waals surface area contributed by atoms with Crippen LogP contribution in [-0.2, 0) is 10.0 Å². The van der Waals surface area contributed by atoms with E-state index in [1.807, 2.05) is 6.92 Å². The molecule has 1 aromatic carbocycles. The summed E-state index contributed by atoms with van der Waals surface area (Å²) in [6.07, 6.45) is 4.83. The van der Waals surface area contributed by atoms with Gasteiger partial charge in [-0.1, -0.05) is 30.9 Å². The second-order valence-corrected chi connectivity index (χ2v) is 6.06. The van der Waals surface area contributed by atoms with E-state index >= 15 is 0 Å². The monoisotopic (exact) mass is 277 g/mol. The number of benzene rings is 1. The molecule has 1 rings (SSSR count). The van der Waals surface area contributed by atoms with Gasteiger partial charge >= 0.3 is 0 Å². The van der Waals surface area contributed by atoms with Crippen molar-refractivity contribution in [1.82, 2.24) is 4.31 Å². The van der Waals surface area contributed by atoms with Gasteiger partial charge < -0.3 is 0 Å². The summed E-state index contributed by atoms with van der Waals surface area (Å²) in [4.78, 5) is 0.277. The highest BCUT2D eigenvalue weighted by molar-refractivity contribution is 7.89. The van der Waals surface area contributed by atoms with Gasteiger partial charge in [-0.25, -0.2) is 8.42 Å². The highest BCUT2D eigenvalue weighted by Gasteiger charge is 2.22. The summed E-state index contributed by atoms with van der Waals surface area (Å²) in [6.45, 7) is 13.2. The van der Waals surface area contributed by atoms with Gasteiger partial charge in [0.15, 0.2) is 0 Å². The molecule has 0 spiro atoms. The first-order chi connectivity index (χ1) is 8.97. The summed E-state index contributed by atoms with van der Waals surface area (Å²) in [5, 5.41) is 0. The fourth-order valence-electron chi connectivity index (χ4n) is 1.75. The summed E-state index contributed by atoms with van der Waals surface area (Å²) < 4.78 is 26.3. The fraction of sp³-hybridized carbons (Fsp3) is 0.200. The molecule has 0 aromatic heterocycles. The third-order valence-electron chi connectivity index (χ3n) is 2.76. The molecule has 0 unspecified atom stereocenters. The van der Waals surface area contributed by atoms with E-state index in [0.29, 0.717) is 0 Å². The van der Waals surface area contributed by atoms with Crippen molar-refractivity contribution in [2.75, 3.05) is 13.1 Å². The third kappa shape index (κ3) is 3.43. The average Bonchev–Trinajstić information content (AvgIpc) is 2.38. The Bertz CT molecular complexity index is 578. The van der Waals surface area contributed by atoms with Gasteiger partial charge in [0.1, 0.15) is 0 Å². The predicted molar refractivity (Wildman–Crippen MR) is 80.4 cm³/mol. The van der Waals surface area contributed by atoms with E-state index in [-0.39, 0.29) is 18.0 Å². The van der Waals surface area contributed by atoms with Gasteiger partial charge in [0.05, 0.1) is 4.90 Å². The van der Waals surface area contributed by atoms with Crippen molar-refractivity contribution in [3.05, 3.63) is 61.2 Å². The smallest absolute Gasteiger partial charge is 0.207 e. The number of hydrogen-bond donors (Lipinski definition) is 0. The molecule has 0 bridgehead atoms. The maximum Gasteiger partial charge on any atom is 0.243 e. The molecule has 0 heterocycles. The lowest BCUT2D eigenvalue weighted by atomic mass is 10.1. The maximum absolute atomic E-state index is 12.5. The summed E-state index contributed by atoms with van der Waals surface area (Å²) in [7, 11) is -3.52. The fourth-order valence-corrected chi connectivity index (χ4v) is 3.21. The van der Waals surface area contributed by atoms with Gasteiger partial charge in [0, 0.05) is 13.1 Å².